The highest BCUT2D eigenvalue weighted by Gasteiger charge is 2.08. The van der Waals surface area contributed by atoms with Gasteiger partial charge in [-0.3, -0.25) is 0 Å². The number of halogens is 1. The van der Waals surface area contributed by atoms with Crippen molar-refractivity contribution in [3.8, 4) is 16.3 Å². The van der Waals surface area contributed by atoms with E-state index in [1.54, 1.807) is 34.3 Å². The Labute approximate surface area is 124 Å². The van der Waals surface area contributed by atoms with Gasteiger partial charge in [-0.1, -0.05) is 35.6 Å². The van der Waals surface area contributed by atoms with E-state index < -0.39 is 0 Å². The molecule has 0 unspecified atom stereocenters. The predicted octanol–water partition coefficient (Wildman–Crippen LogP) is 4.29. The minimum absolute atomic E-state index is 0.239. The number of hydrogen-bond donors (Lipinski definition) is 0. The number of hydrogen-bond acceptors (Lipinski definition) is 3. The summed E-state index contributed by atoms with van der Waals surface area (Å²) in [4.78, 5) is 4.56. The lowest BCUT2D eigenvalue weighted by molar-refractivity contribution is 0.628. The summed E-state index contributed by atoms with van der Waals surface area (Å²) >= 11 is 1.59. The van der Waals surface area contributed by atoms with Gasteiger partial charge in [-0.15, -0.1) is 0 Å². The number of benzene rings is 2. The van der Waals surface area contributed by atoms with Gasteiger partial charge in [0.2, 0.25) is 5.13 Å². The maximum atomic E-state index is 13.0. The first-order chi connectivity index (χ1) is 10.3. The Bertz CT molecular complexity index is 876. The monoisotopic (exact) mass is 295 g/mol. The van der Waals surface area contributed by atoms with Gasteiger partial charge in [0.25, 0.3) is 0 Å². The largest absolute Gasteiger partial charge is 0.218 e. The molecule has 0 amide bonds. The molecule has 2 heterocycles. The van der Waals surface area contributed by atoms with E-state index in [4.69, 9.17) is 0 Å². The van der Waals surface area contributed by atoms with E-state index in [1.807, 2.05) is 30.5 Å². The Morgan fingerprint density at radius 3 is 2.57 bits per heavy atom. The number of rotatable bonds is 2. The molecular weight excluding hydrogens is 285 g/mol. The fourth-order valence-electron chi connectivity index (χ4n) is 2.18. The third-order valence-corrected chi connectivity index (χ3v) is 4.26. The summed E-state index contributed by atoms with van der Waals surface area (Å²) in [5.41, 5.74) is 2.84. The van der Waals surface area contributed by atoms with Crippen LogP contribution in [0.5, 0.6) is 0 Å². The Morgan fingerprint density at radius 1 is 0.952 bits per heavy atom. The molecule has 5 heteroatoms. The second-order valence-corrected chi connectivity index (χ2v) is 5.65. The maximum Gasteiger partial charge on any atom is 0.211 e. The highest BCUT2D eigenvalue weighted by molar-refractivity contribution is 7.20. The quantitative estimate of drug-likeness (QED) is 0.552. The van der Waals surface area contributed by atoms with E-state index in [2.05, 4.69) is 10.1 Å². The summed E-state index contributed by atoms with van der Waals surface area (Å²) < 4.78 is 15.8. The van der Waals surface area contributed by atoms with Crippen LogP contribution in [0.15, 0.2) is 60.9 Å². The average Bonchev–Trinajstić information content (AvgIpc) is 3.14. The Morgan fingerprint density at radius 2 is 1.76 bits per heavy atom. The predicted molar refractivity (Wildman–Crippen MR) is 82.1 cm³/mol. The Kier molecular flexibility index (Phi) is 2.79. The van der Waals surface area contributed by atoms with Gasteiger partial charge in [0, 0.05) is 11.8 Å². The molecular formula is C16H10FN3S. The van der Waals surface area contributed by atoms with Crippen molar-refractivity contribution >= 4 is 21.6 Å². The van der Waals surface area contributed by atoms with Crippen molar-refractivity contribution < 1.29 is 4.39 Å². The van der Waals surface area contributed by atoms with E-state index in [0.717, 1.165) is 26.5 Å². The third-order valence-electron chi connectivity index (χ3n) is 3.24. The van der Waals surface area contributed by atoms with Gasteiger partial charge >= 0.3 is 0 Å². The van der Waals surface area contributed by atoms with Gasteiger partial charge in [-0.05, 0) is 29.8 Å². The first kappa shape index (κ1) is 12.2. The lowest BCUT2D eigenvalue weighted by Crippen LogP contribution is -1.91. The average molecular weight is 295 g/mol. The number of fused-ring (bicyclic) bond motifs is 1. The van der Waals surface area contributed by atoms with Crippen LogP contribution in [0.3, 0.4) is 0 Å². The zero-order valence-electron chi connectivity index (χ0n) is 10.9. The maximum absolute atomic E-state index is 13.0. The topological polar surface area (TPSA) is 30.7 Å². The van der Waals surface area contributed by atoms with E-state index in [-0.39, 0.29) is 5.82 Å². The summed E-state index contributed by atoms with van der Waals surface area (Å²) in [6.45, 7) is 0. The number of nitrogens with zero attached hydrogens (tertiary/aromatic N) is 3. The van der Waals surface area contributed by atoms with Gasteiger partial charge in [0.1, 0.15) is 5.82 Å². The van der Waals surface area contributed by atoms with Crippen LogP contribution in [0.4, 0.5) is 4.39 Å². The van der Waals surface area contributed by atoms with Gasteiger partial charge in [0.05, 0.1) is 16.4 Å². The molecule has 0 atom stereocenters. The Balaban J connectivity index is 1.75. The van der Waals surface area contributed by atoms with Crippen molar-refractivity contribution in [1.29, 1.82) is 0 Å². The van der Waals surface area contributed by atoms with E-state index >= 15 is 0 Å². The molecule has 0 radical (unpaired) electrons. The summed E-state index contributed by atoms with van der Waals surface area (Å²) in [7, 11) is 0. The first-order valence-corrected chi connectivity index (χ1v) is 7.28. The number of thiazole rings is 1. The zero-order chi connectivity index (χ0) is 14.2. The summed E-state index contributed by atoms with van der Waals surface area (Å²) in [6.07, 6.45) is 3.67. The molecule has 102 valence electrons. The SMILES string of the molecule is Fc1ccc(-c2cnn(-c3nc4ccccc4s3)c2)cc1. The van der Waals surface area contributed by atoms with E-state index in [0.29, 0.717) is 0 Å². The van der Waals surface area contributed by atoms with Gasteiger partial charge < -0.3 is 0 Å². The van der Waals surface area contributed by atoms with Crippen molar-refractivity contribution in [1.82, 2.24) is 14.8 Å². The van der Waals surface area contributed by atoms with Crippen LogP contribution in [0.25, 0.3) is 26.5 Å². The molecule has 0 N–H and O–H groups in total. The molecule has 0 aliphatic heterocycles. The molecule has 0 saturated heterocycles. The van der Waals surface area contributed by atoms with Crippen molar-refractivity contribution in [2.75, 3.05) is 0 Å². The fraction of sp³-hybridized carbons (Fsp3) is 0. The molecule has 0 bridgehead atoms. The van der Waals surface area contributed by atoms with Crippen LogP contribution in [0.1, 0.15) is 0 Å². The van der Waals surface area contributed by atoms with Crippen LogP contribution >= 0.6 is 11.3 Å². The molecule has 0 fully saturated rings. The molecule has 4 rings (SSSR count). The molecule has 2 aromatic heterocycles. The molecule has 0 spiro atoms. The molecule has 21 heavy (non-hydrogen) atoms. The third kappa shape index (κ3) is 2.21. The summed E-state index contributed by atoms with van der Waals surface area (Å²) in [5.74, 6) is -0.239. The lowest BCUT2D eigenvalue weighted by atomic mass is 10.1. The number of aromatic nitrogens is 3. The summed E-state index contributed by atoms with van der Waals surface area (Å²) in [5, 5.41) is 5.18. The van der Waals surface area contributed by atoms with Gasteiger partial charge in [-0.25, -0.2) is 14.1 Å². The minimum atomic E-state index is -0.239. The van der Waals surface area contributed by atoms with Crippen LogP contribution in [0, 0.1) is 5.82 Å². The van der Waals surface area contributed by atoms with Crippen molar-refractivity contribution in [2.24, 2.45) is 0 Å². The molecule has 0 saturated carbocycles. The van der Waals surface area contributed by atoms with E-state index in [1.165, 1.54) is 12.1 Å². The molecule has 2 aromatic carbocycles. The molecule has 3 nitrogen and oxygen atoms in total. The second kappa shape index (κ2) is 4.79. The zero-order valence-corrected chi connectivity index (χ0v) is 11.7. The molecule has 4 aromatic rings. The van der Waals surface area contributed by atoms with Gasteiger partial charge in [0.15, 0.2) is 0 Å². The highest BCUT2D eigenvalue weighted by Crippen LogP contribution is 2.26. The second-order valence-electron chi connectivity index (χ2n) is 4.64. The van der Waals surface area contributed by atoms with Gasteiger partial charge in [-0.2, -0.15) is 5.10 Å². The minimum Gasteiger partial charge on any atom is -0.218 e. The van der Waals surface area contributed by atoms with Crippen molar-refractivity contribution in [3.63, 3.8) is 0 Å². The highest BCUT2D eigenvalue weighted by atomic mass is 32.1. The first-order valence-electron chi connectivity index (χ1n) is 6.46. The molecule has 0 aliphatic rings. The van der Waals surface area contributed by atoms with E-state index in [9.17, 15) is 4.39 Å². The standard InChI is InChI=1S/C16H10FN3S/c17-13-7-5-11(6-8-13)12-9-18-20(10-12)16-19-14-3-1-2-4-15(14)21-16/h1-10H. The number of para-hydroxylation sites is 1. The molecule has 0 aliphatic carbocycles. The lowest BCUT2D eigenvalue weighted by Gasteiger charge is -1.96. The smallest absolute Gasteiger partial charge is 0.211 e. The van der Waals surface area contributed by atoms with Crippen LogP contribution in [0.2, 0.25) is 0 Å². The fourth-order valence-corrected chi connectivity index (χ4v) is 3.08. The van der Waals surface area contributed by atoms with Crippen molar-refractivity contribution in [2.45, 2.75) is 0 Å². The van der Waals surface area contributed by atoms with Crippen LogP contribution < -0.4 is 0 Å². The Hall–Kier alpha value is -2.53. The van der Waals surface area contributed by atoms with Crippen LogP contribution in [-0.4, -0.2) is 14.8 Å². The van der Waals surface area contributed by atoms with Crippen LogP contribution in [-0.2, 0) is 0 Å². The van der Waals surface area contributed by atoms with Crippen molar-refractivity contribution in [3.05, 3.63) is 66.7 Å². The normalized spacial score (nSPS) is 11.1. The summed E-state index contributed by atoms with van der Waals surface area (Å²) in [6, 6.07) is 14.4.